The van der Waals surface area contributed by atoms with Gasteiger partial charge in [0.1, 0.15) is 5.60 Å². The molecular weight excluding hydrogens is 164 g/mol. The molecule has 1 fully saturated rings. The number of hydrogen-bond acceptors (Lipinski definition) is 2. The molecule has 0 aliphatic heterocycles. The van der Waals surface area contributed by atoms with Gasteiger partial charge in [0.15, 0.2) is 5.78 Å². The lowest BCUT2D eigenvalue weighted by Crippen LogP contribution is -2.38. The summed E-state index contributed by atoms with van der Waals surface area (Å²) in [7, 11) is 0. The first kappa shape index (κ1) is 10.7. The molecule has 0 saturated heterocycles. The van der Waals surface area contributed by atoms with E-state index >= 15 is 0 Å². The molecule has 2 atom stereocenters. The highest BCUT2D eigenvalue weighted by Crippen LogP contribution is 2.31. The van der Waals surface area contributed by atoms with E-state index in [1.54, 1.807) is 13.8 Å². The van der Waals surface area contributed by atoms with Crippen molar-refractivity contribution in [1.29, 1.82) is 0 Å². The van der Waals surface area contributed by atoms with E-state index in [1.807, 2.05) is 0 Å². The van der Waals surface area contributed by atoms with Crippen molar-refractivity contribution in [3.63, 3.8) is 0 Å². The lowest BCUT2D eigenvalue weighted by molar-refractivity contribution is -0.139. The van der Waals surface area contributed by atoms with Gasteiger partial charge in [-0.1, -0.05) is 19.8 Å². The number of carbonyl (C=O) groups is 1. The van der Waals surface area contributed by atoms with Crippen LogP contribution in [0.5, 0.6) is 0 Å². The van der Waals surface area contributed by atoms with Gasteiger partial charge < -0.3 is 5.11 Å². The second-order valence-electron chi connectivity index (χ2n) is 4.89. The van der Waals surface area contributed by atoms with Gasteiger partial charge in [0.05, 0.1) is 0 Å². The molecule has 0 aromatic carbocycles. The van der Waals surface area contributed by atoms with E-state index in [-0.39, 0.29) is 11.7 Å². The molecular formula is C11H20O2. The van der Waals surface area contributed by atoms with Crippen LogP contribution in [0.4, 0.5) is 0 Å². The Morgan fingerprint density at radius 2 is 2.00 bits per heavy atom. The van der Waals surface area contributed by atoms with E-state index < -0.39 is 5.60 Å². The average Bonchev–Trinajstić information content (AvgIpc) is 2.01. The van der Waals surface area contributed by atoms with Gasteiger partial charge in [-0.05, 0) is 32.6 Å². The summed E-state index contributed by atoms with van der Waals surface area (Å²) in [6, 6.07) is 0. The molecule has 0 amide bonds. The zero-order chi connectivity index (χ0) is 10.1. The zero-order valence-corrected chi connectivity index (χ0v) is 8.84. The third-order valence-corrected chi connectivity index (χ3v) is 2.91. The second kappa shape index (κ2) is 3.79. The maximum Gasteiger partial charge on any atom is 0.166 e. The van der Waals surface area contributed by atoms with Gasteiger partial charge in [-0.15, -0.1) is 0 Å². The molecule has 1 rings (SSSR count). The van der Waals surface area contributed by atoms with Crippen molar-refractivity contribution in [3.05, 3.63) is 0 Å². The van der Waals surface area contributed by atoms with Gasteiger partial charge in [0.2, 0.25) is 0 Å². The number of aliphatic hydroxyl groups is 1. The Hall–Kier alpha value is -0.370. The van der Waals surface area contributed by atoms with Crippen molar-refractivity contribution in [2.75, 3.05) is 0 Å². The summed E-state index contributed by atoms with van der Waals surface area (Å²) in [4.78, 5) is 11.7. The van der Waals surface area contributed by atoms with Crippen LogP contribution < -0.4 is 0 Å². The Kier molecular flexibility index (Phi) is 3.12. The third kappa shape index (κ3) is 2.80. The number of hydrogen-bond donors (Lipinski definition) is 1. The molecule has 0 aromatic rings. The van der Waals surface area contributed by atoms with E-state index in [0.29, 0.717) is 5.92 Å². The highest BCUT2D eigenvalue weighted by atomic mass is 16.3. The first-order valence-corrected chi connectivity index (χ1v) is 5.18. The van der Waals surface area contributed by atoms with Crippen LogP contribution in [0.3, 0.4) is 0 Å². The number of Topliss-reactive ketones (excluding diaryl/α,β-unsaturated/α-hetero) is 1. The van der Waals surface area contributed by atoms with Gasteiger partial charge in [0, 0.05) is 5.92 Å². The highest BCUT2D eigenvalue weighted by molar-refractivity contribution is 5.88. The summed E-state index contributed by atoms with van der Waals surface area (Å²) in [5.41, 5.74) is -1.14. The minimum atomic E-state index is -1.14. The van der Waals surface area contributed by atoms with Crippen LogP contribution in [-0.4, -0.2) is 16.5 Å². The van der Waals surface area contributed by atoms with Crippen LogP contribution in [0.2, 0.25) is 0 Å². The Bertz CT molecular complexity index is 191. The predicted octanol–water partition coefficient (Wildman–Crippen LogP) is 2.15. The van der Waals surface area contributed by atoms with E-state index in [2.05, 4.69) is 6.92 Å². The van der Waals surface area contributed by atoms with Crippen molar-refractivity contribution < 1.29 is 9.90 Å². The molecule has 1 saturated carbocycles. The van der Waals surface area contributed by atoms with E-state index in [4.69, 9.17) is 0 Å². The van der Waals surface area contributed by atoms with Gasteiger partial charge in [-0.25, -0.2) is 0 Å². The normalized spacial score (nSPS) is 30.2. The molecule has 1 aliphatic rings. The van der Waals surface area contributed by atoms with Crippen LogP contribution in [0.25, 0.3) is 0 Å². The standard InChI is InChI=1S/C11H20O2/c1-8-5-4-6-9(7-8)10(12)11(2,3)13/h8-9,13H,4-7H2,1-3H3. The first-order chi connectivity index (χ1) is 5.91. The summed E-state index contributed by atoms with van der Waals surface area (Å²) in [6.07, 6.45) is 4.29. The zero-order valence-electron chi connectivity index (χ0n) is 8.84. The van der Waals surface area contributed by atoms with Gasteiger partial charge in [-0.3, -0.25) is 4.79 Å². The topological polar surface area (TPSA) is 37.3 Å². The highest BCUT2D eigenvalue weighted by Gasteiger charge is 2.33. The van der Waals surface area contributed by atoms with Gasteiger partial charge in [0.25, 0.3) is 0 Å². The minimum absolute atomic E-state index is 0.0269. The van der Waals surface area contributed by atoms with Crippen LogP contribution in [0.15, 0.2) is 0 Å². The van der Waals surface area contributed by atoms with Gasteiger partial charge in [-0.2, -0.15) is 0 Å². The molecule has 1 aliphatic carbocycles. The van der Waals surface area contributed by atoms with Crippen molar-refractivity contribution in [2.24, 2.45) is 11.8 Å². The van der Waals surface area contributed by atoms with E-state index in [0.717, 1.165) is 19.3 Å². The fraction of sp³-hybridized carbons (Fsp3) is 0.909. The molecule has 0 heterocycles. The Morgan fingerprint density at radius 3 is 2.46 bits per heavy atom. The third-order valence-electron chi connectivity index (χ3n) is 2.91. The fourth-order valence-corrected chi connectivity index (χ4v) is 2.17. The Labute approximate surface area is 80.3 Å². The summed E-state index contributed by atoms with van der Waals surface area (Å²) >= 11 is 0. The van der Waals surface area contributed by atoms with Crippen molar-refractivity contribution >= 4 is 5.78 Å². The van der Waals surface area contributed by atoms with Crippen molar-refractivity contribution in [1.82, 2.24) is 0 Å². The Balaban J connectivity index is 2.56. The van der Waals surface area contributed by atoms with Crippen LogP contribution in [-0.2, 0) is 4.79 Å². The molecule has 2 unspecified atom stereocenters. The lowest BCUT2D eigenvalue weighted by Gasteiger charge is -2.29. The van der Waals surface area contributed by atoms with Crippen molar-refractivity contribution in [2.45, 2.75) is 52.1 Å². The summed E-state index contributed by atoms with van der Waals surface area (Å²) < 4.78 is 0. The number of rotatable bonds is 2. The molecule has 0 radical (unpaired) electrons. The molecule has 2 heteroatoms. The summed E-state index contributed by atoms with van der Waals surface area (Å²) in [5.74, 6) is 0.771. The average molecular weight is 184 g/mol. The smallest absolute Gasteiger partial charge is 0.166 e. The van der Waals surface area contributed by atoms with Gasteiger partial charge >= 0.3 is 0 Å². The monoisotopic (exact) mass is 184 g/mol. The predicted molar refractivity (Wildman–Crippen MR) is 52.4 cm³/mol. The quantitative estimate of drug-likeness (QED) is 0.714. The first-order valence-electron chi connectivity index (χ1n) is 5.18. The Morgan fingerprint density at radius 1 is 1.38 bits per heavy atom. The summed E-state index contributed by atoms with van der Waals surface area (Å²) in [6.45, 7) is 5.37. The molecule has 76 valence electrons. The van der Waals surface area contributed by atoms with E-state index in [1.165, 1.54) is 6.42 Å². The summed E-state index contributed by atoms with van der Waals surface area (Å²) in [5, 5.41) is 9.58. The fourth-order valence-electron chi connectivity index (χ4n) is 2.17. The number of ketones is 1. The maximum absolute atomic E-state index is 11.7. The largest absolute Gasteiger partial charge is 0.383 e. The lowest BCUT2D eigenvalue weighted by atomic mass is 9.77. The molecule has 0 bridgehead atoms. The minimum Gasteiger partial charge on any atom is -0.383 e. The second-order valence-corrected chi connectivity index (χ2v) is 4.89. The molecule has 13 heavy (non-hydrogen) atoms. The van der Waals surface area contributed by atoms with Crippen molar-refractivity contribution in [3.8, 4) is 0 Å². The molecule has 1 N–H and O–H groups in total. The molecule has 0 aromatic heterocycles. The van der Waals surface area contributed by atoms with Crippen LogP contribution >= 0.6 is 0 Å². The number of carbonyl (C=O) groups excluding carboxylic acids is 1. The van der Waals surface area contributed by atoms with E-state index in [9.17, 15) is 9.90 Å². The molecule has 2 nitrogen and oxygen atoms in total. The van der Waals surface area contributed by atoms with Crippen LogP contribution in [0, 0.1) is 11.8 Å². The SMILES string of the molecule is CC1CCCC(C(=O)C(C)(C)O)C1. The maximum atomic E-state index is 11.7. The molecule has 0 spiro atoms. The van der Waals surface area contributed by atoms with Crippen LogP contribution in [0.1, 0.15) is 46.5 Å².